The van der Waals surface area contributed by atoms with Gasteiger partial charge in [0.1, 0.15) is 0 Å². The van der Waals surface area contributed by atoms with Crippen molar-refractivity contribution in [2.45, 2.75) is 18.5 Å². The molecule has 0 spiro atoms. The van der Waals surface area contributed by atoms with E-state index in [4.69, 9.17) is 0 Å². The lowest BCUT2D eigenvalue weighted by Gasteiger charge is -2.24. The molecule has 0 unspecified atom stereocenters. The van der Waals surface area contributed by atoms with E-state index in [2.05, 4.69) is 11.3 Å². The predicted octanol–water partition coefficient (Wildman–Crippen LogP) is 2.68. The monoisotopic (exact) mass is 208 g/mol. The molecule has 0 aliphatic rings. The van der Waals surface area contributed by atoms with E-state index in [0.29, 0.717) is 0 Å². The number of hydrogen-bond donors (Lipinski definition) is 0. The molecule has 0 aromatic carbocycles. The smallest absolute Gasteiger partial charge is 0.311 e. The summed E-state index contributed by atoms with van der Waals surface area (Å²) in [5, 5.41) is 0. The average molecular weight is 208 g/mol. The molecule has 0 saturated heterocycles. The Balaban J connectivity index is 4.49. The van der Waals surface area contributed by atoms with Gasteiger partial charge in [-0.3, -0.25) is 0 Å². The fraction of sp³-hybridized carbons (Fsp3) is 0.667. The lowest BCUT2D eigenvalue weighted by atomic mass is 10.3. The quantitative estimate of drug-likeness (QED) is 0.498. The summed E-state index contributed by atoms with van der Waals surface area (Å²) in [5.74, 6) is -5.49. The van der Waals surface area contributed by atoms with Gasteiger partial charge in [0.25, 0.3) is 0 Å². The number of halogens is 6. The van der Waals surface area contributed by atoms with Crippen LogP contribution in [0, 0.1) is 0 Å². The highest BCUT2D eigenvalue weighted by atomic mass is 19.3. The molecule has 0 bridgehead atoms. The molecular formula is C6H6F6O. The molecule has 0 amide bonds. The Labute approximate surface area is 70.0 Å². The molecule has 0 aromatic rings. The normalized spacial score (nSPS) is 13.5. The third-order valence-corrected chi connectivity index (χ3v) is 1.04. The van der Waals surface area contributed by atoms with Crippen LogP contribution in [-0.4, -0.2) is 25.1 Å². The van der Waals surface area contributed by atoms with Crippen LogP contribution < -0.4 is 0 Å². The fourth-order valence-corrected chi connectivity index (χ4v) is 0.387. The van der Waals surface area contributed by atoms with Crippen molar-refractivity contribution in [3.05, 3.63) is 12.7 Å². The van der Waals surface area contributed by atoms with Crippen molar-refractivity contribution < 1.29 is 31.1 Å². The van der Waals surface area contributed by atoms with Crippen LogP contribution in [0.25, 0.3) is 0 Å². The van der Waals surface area contributed by atoms with Gasteiger partial charge in [0.2, 0.25) is 0 Å². The first-order chi connectivity index (χ1) is 5.75. The van der Waals surface area contributed by atoms with Gasteiger partial charge >= 0.3 is 18.5 Å². The topological polar surface area (TPSA) is 9.23 Å². The minimum absolute atomic E-state index is 0.745. The molecule has 0 N–H and O–H groups in total. The summed E-state index contributed by atoms with van der Waals surface area (Å²) in [6.45, 7) is 1.96. The maximum Gasteiger partial charge on any atom is 0.425 e. The Morgan fingerprint density at radius 2 is 1.69 bits per heavy atom. The maximum absolute atomic E-state index is 12.1. The number of alkyl halides is 6. The van der Waals surface area contributed by atoms with Crippen molar-refractivity contribution >= 4 is 0 Å². The molecule has 1 nitrogen and oxygen atoms in total. The average Bonchev–Trinajstić information content (AvgIpc) is 2.00. The first-order valence-corrected chi connectivity index (χ1v) is 3.04. The van der Waals surface area contributed by atoms with Crippen molar-refractivity contribution in [3.8, 4) is 0 Å². The van der Waals surface area contributed by atoms with E-state index in [1.165, 1.54) is 0 Å². The highest BCUT2D eigenvalue weighted by molar-refractivity contribution is 4.81. The van der Waals surface area contributed by atoms with Crippen molar-refractivity contribution in [2.75, 3.05) is 6.61 Å². The van der Waals surface area contributed by atoms with Gasteiger partial charge in [-0.15, -0.1) is 6.58 Å². The summed E-state index contributed by atoms with van der Waals surface area (Å²) in [5.41, 5.74) is 0. The van der Waals surface area contributed by atoms with E-state index in [9.17, 15) is 26.3 Å². The van der Waals surface area contributed by atoms with Gasteiger partial charge in [0, 0.05) is 0 Å². The van der Waals surface area contributed by atoms with Crippen LogP contribution in [0.15, 0.2) is 12.7 Å². The summed E-state index contributed by atoms with van der Waals surface area (Å²) < 4.78 is 74.3. The molecule has 0 aromatic heterocycles. The van der Waals surface area contributed by atoms with Crippen molar-refractivity contribution in [1.82, 2.24) is 0 Å². The standard InChI is InChI=1S/C6H6F6O/c1-2-3-13-6(11,12)5(9,10)4(7)8/h2,4H,1,3H2. The Morgan fingerprint density at radius 1 is 1.23 bits per heavy atom. The molecule has 0 saturated carbocycles. The van der Waals surface area contributed by atoms with Crippen LogP contribution in [-0.2, 0) is 4.74 Å². The SMILES string of the molecule is C=CCOC(F)(F)C(F)(F)C(F)F. The molecule has 0 atom stereocenters. The Hall–Kier alpha value is -0.720. The summed E-state index contributed by atoms with van der Waals surface area (Å²) in [6.07, 6.45) is -8.92. The second kappa shape index (κ2) is 3.99. The second-order valence-electron chi connectivity index (χ2n) is 2.04. The number of hydrogen-bond acceptors (Lipinski definition) is 1. The zero-order chi connectivity index (χ0) is 10.7. The van der Waals surface area contributed by atoms with E-state index < -0.39 is 25.1 Å². The first kappa shape index (κ1) is 12.3. The molecule has 0 heterocycles. The lowest BCUT2D eigenvalue weighted by Crippen LogP contribution is -2.48. The Morgan fingerprint density at radius 3 is 2.00 bits per heavy atom. The zero-order valence-electron chi connectivity index (χ0n) is 6.24. The summed E-state index contributed by atoms with van der Waals surface area (Å²) in [4.78, 5) is 0. The van der Waals surface area contributed by atoms with E-state index in [-0.39, 0.29) is 0 Å². The molecule has 13 heavy (non-hydrogen) atoms. The minimum Gasteiger partial charge on any atom is -0.311 e. The van der Waals surface area contributed by atoms with E-state index in [0.717, 1.165) is 6.08 Å². The van der Waals surface area contributed by atoms with E-state index in [1.807, 2.05) is 0 Å². The van der Waals surface area contributed by atoms with Crippen LogP contribution in [0.1, 0.15) is 0 Å². The first-order valence-electron chi connectivity index (χ1n) is 3.04. The zero-order valence-corrected chi connectivity index (χ0v) is 6.24. The Kier molecular flexibility index (Phi) is 3.77. The molecule has 0 aliphatic carbocycles. The molecule has 0 aliphatic heterocycles. The van der Waals surface area contributed by atoms with Crippen LogP contribution in [0.3, 0.4) is 0 Å². The van der Waals surface area contributed by atoms with Gasteiger partial charge in [-0.05, 0) is 0 Å². The highest BCUT2D eigenvalue weighted by Gasteiger charge is 2.64. The van der Waals surface area contributed by atoms with Crippen LogP contribution in [0.4, 0.5) is 26.3 Å². The fourth-order valence-electron chi connectivity index (χ4n) is 0.387. The largest absolute Gasteiger partial charge is 0.425 e. The Bertz CT molecular complexity index is 178. The molecule has 7 heteroatoms. The van der Waals surface area contributed by atoms with Gasteiger partial charge in [-0.1, -0.05) is 6.08 Å². The molecule has 0 fully saturated rings. The van der Waals surface area contributed by atoms with Crippen molar-refractivity contribution in [2.24, 2.45) is 0 Å². The van der Waals surface area contributed by atoms with Crippen molar-refractivity contribution in [3.63, 3.8) is 0 Å². The van der Waals surface area contributed by atoms with Gasteiger partial charge in [-0.2, -0.15) is 17.6 Å². The van der Waals surface area contributed by atoms with Gasteiger partial charge in [0.05, 0.1) is 6.61 Å². The van der Waals surface area contributed by atoms with Gasteiger partial charge in [-0.25, -0.2) is 8.78 Å². The second-order valence-corrected chi connectivity index (χ2v) is 2.04. The van der Waals surface area contributed by atoms with Crippen LogP contribution in [0.5, 0.6) is 0 Å². The van der Waals surface area contributed by atoms with Crippen LogP contribution in [0.2, 0.25) is 0 Å². The summed E-state index contributed by atoms with van der Waals surface area (Å²) in [6, 6.07) is 0. The summed E-state index contributed by atoms with van der Waals surface area (Å²) in [7, 11) is 0. The predicted molar refractivity (Wildman–Crippen MR) is 32.0 cm³/mol. The minimum atomic E-state index is -5.49. The molecule has 0 radical (unpaired) electrons. The molecule has 0 rings (SSSR count). The van der Waals surface area contributed by atoms with Gasteiger partial charge < -0.3 is 4.74 Å². The van der Waals surface area contributed by atoms with Gasteiger partial charge in [0.15, 0.2) is 0 Å². The molecular weight excluding hydrogens is 202 g/mol. The third kappa shape index (κ3) is 2.61. The van der Waals surface area contributed by atoms with Crippen LogP contribution >= 0.6 is 0 Å². The van der Waals surface area contributed by atoms with Crippen molar-refractivity contribution in [1.29, 1.82) is 0 Å². The molecule has 78 valence electrons. The van der Waals surface area contributed by atoms with E-state index >= 15 is 0 Å². The number of rotatable bonds is 5. The lowest BCUT2D eigenvalue weighted by molar-refractivity contribution is -0.370. The maximum atomic E-state index is 12.1. The summed E-state index contributed by atoms with van der Waals surface area (Å²) >= 11 is 0. The number of ether oxygens (including phenoxy) is 1. The van der Waals surface area contributed by atoms with E-state index in [1.54, 1.807) is 0 Å². The third-order valence-electron chi connectivity index (χ3n) is 1.04. The highest BCUT2D eigenvalue weighted by Crippen LogP contribution is 2.39.